The number of benzene rings is 4. The number of amides is 1. The van der Waals surface area contributed by atoms with Crippen molar-refractivity contribution in [1.29, 1.82) is 0 Å². The number of aryl methyl sites for hydroxylation is 1. The summed E-state index contributed by atoms with van der Waals surface area (Å²) in [4.78, 5) is 21.8. The van der Waals surface area contributed by atoms with E-state index in [-0.39, 0.29) is 12.5 Å². The zero-order valence-electron chi connectivity index (χ0n) is 20.0. The van der Waals surface area contributed by atoms with Gasteiger partial charge in [0.25, 0.3) is 0 Å². The third-order valence-corrected chi connectivity index (χ3v) is 7.28. The van der Waals surface area contributed by atoms with E-state index in [1.807, 2.05) is 67.6 Å². The minimum Gasteiger partial charge on any atom is -0.448 e. The first-order valence-electron chi connectivity index (χ1n) is 12.0. The van der Waals surface area contributed by atoms with Crippen molar-refractivity contribution in [1.82, 2.24) is 9.97 Å². The molecule has 5 aromatic rings. The van der Waals surface area contributed by atoms with E-state index in [0.717, 1.165) is 26.6 Å². The van der Waals surface area contributed by atoms with Gasteiger partial charge < -0.3 is 10.1 Å². The monoisotopic (exact) mass is 550 g/mol. The predicted octanol–water partition coefficient (Wildman–Crippen LogP) is 7.81. The molecule has 1 amide bonds. The molecule has 0 spiro atoms. The van der Waals surface area contributed by atoms with E-state index in [4.69, 9.17) is 4.74 Å². The van der Waals surface area contributed by atoms with E-state index in [1.54, 1.807) is 6.20 Å². The standard InChI is InChI=1S/C30H23BrN4O2/c1-18-13-14-20(15-27(18)34-29-32-16-19-7-6-12-26(31)28(19)35-29)33-30(36)37-17-25-23-10-4-2-8-21(23)22-9-3-5-11-24(22)25/h2-16,25H,17H2,1H3,(H,33,36)(H,32,34,35). The van der Waals surface area contributed by atoms with Gasteiger partial charge in [0.05, 0.1) is 5.52 Å². The van der Waals surface area contributed by atoms with E-state index in [0.29, 0.717) is 11.6 Å². The number of carbonyl (C=O) groups excluding carboxylic acids is 1. The van der Waals surface area contributed by atoms with Crippen LogP contribution in [0.5, 0.6) is 0 Å². The number of anilines is 3. The van der Waals surface area contributed by atoms with Crippen molar-refractivity contribution in [3.63, 3.8) is 0 Å². The molecule has 6 nitrogen and oxygen atoms in total. The average molecular weight is 551 g/mol. The predicted molar refractivity (Wildman–Crippen MR) is 150 cm³/mol. The number of fused-ring (bicyclic) bond motifs is 4. The SMILES string of the molecule is Cc1ccc(NC(=O)OCC2c3ccccc3-c3ccccc32)cc1Nc1ncc2cccc(Br)c2n1. The van der Waals surface area contributed by atoms with E-state index < -0.39 is 6.09 Å². The normalized spacial score (nSPS) is 12.2. The lowest BCUT2D eigenvalue weighted by Gasteiger charge is -2.15. The Kier molecular flexibility index (Phi) is 6.06. The Morgan fingerprint density at radius 1 is 0.946 bits per heavy atom. The fraction of sp³-hybridized carbons (Fsp3) is 0.100. The largest absolute Gasteiger partial charge is 0.448 e. The van der Waals surface area contributed by atoms with Crippen molar-refractivity contribution in [3.8, 4) is 11.1 Å². The van der Waals surface area contributed by atoms with Crippen LogP contribution in [0.3, 0.4) is 0 Å². The zero-order chi connectivity index (χ0) is 25.4. The van der Waals surface area contributed by atoms with Gasteiger partial charge in [-0.15, -0.1) is 0 Å². The lowest BCUT2D eigenvalue weighted by molar-refractivity contribution is 0.158. The number of hydrogen-bond donors (Lipinski definition) is 2. The van der Waals surface area contributed by atoms with Crippen LogP contribution in [-0.4, -0.2) is 22.7 Å². The summed E-state index contributed by atoms with van der Waals surface area (Å²) in [5.41, 5.74) is 7.99. The van der Waals surface area contributed by atoms with Crippen LogP contribution in [0.2, 0.25) is 0 Å². The van der Waals surface area contributed by atoms with E-state index in [2.05, 4.69) is 60.8 Å². The summed E-state index contributed by atoms with van der Waals surface area (Å²) in [6.45, 7) is 2.24. The van der Waals surface area contributed by atoms with Gasteiger partial charge in [0.2, 0.25) is 5.95 Å². The van der Waals surface area contributed by atoms with Gasteiger partial charge in [-0.05, 0) is 68.9 Å². The van der Waals surface area contributed by atoms with Gasteiger partial charge in [-0.3, -0.25) is 5.32 Å². The highest BCUT2D eigenvalue weighted by molar-refractivity contribution is 9.10. The third-order valence-electron chi connectivity index (χ3n) is 6.64. The molecule has 0 aliphatic heterocycles. The quantitative estimate of drug-likeness (QED) is 0.233. The summed E-state index contributed by atoms with van der Waals surface area (Å²) < 4.78 is 6.59. The highest BCUT2D eigenvalue weighted by Gasteiger charge is 2.29. The molecule has 1 aliphatic rings. The molecule has 7 heteroatoms. The number of para-hydroxylation sites is 1. The third kappa shape index (κ3) is 4.54. The first kappa shape index (κ1) is 23.2. The molecule has 0 atom stereocenters. The van der Waals surface area contributed by atoms with Crippen LogP contribution >= 0.6 is 15.9 Å². The molecule has 0 saturated heterocycles. The highest BCUT2D eigenvalue weighted by atomic mass is 79.9. The Labute approximate surface area is 222 Å². The van der Waals surface area contributed by atoms with Gasteiger partial charge in [-0.1, -0.05) is 66.7 Å². The van der Waals surface area contributed by atoms with Crippen molar-refractivity contribution < 1.29 is 9.53 Å². The van der Waals surface area contributed by atoms with Gasteiger partial charge >= 0.3 is 6.09 Å². The minimum atomic E-state index is -0.498. The van der Waals surface area contributed by atoms with Crippen molar-refractivity contribution in [2.24, 2.45) is 0 Å². The fourth-order valence-corrected chi connectivity index (χ4v) is 5.26. The molecule has 2 N–H and O–H groups in total. The van der Waals surface area contributed by atoms with E-state index in [9.17, 15) is 4.79 Å². The molecule has 6 rings (SSSR count). The number of nitrogens with one attached hydrogen (secondary N) is 2. The summed E-state index contributed by atoms with van der Waals surface area (Å²) in [5.74, 6) is 0.485. The van der Waals surface area contributed by atoms with E-state index >= 15 is 0 Å². The smallest absolute Gasteiger partial charge is 0.411 e. The van der Waals surface area contributed by atoms with Crippen molar-refractivity contribution in [2.45, 2.75) is 12.8 Å². The molecule has 4 aromatic carbocycles. The number of halogens is 1. The Bertz CT molecular complexity index is 1610. The number of hydrogen-bond acceptors (Lipinski definition) is 5. The number of nitrogens with zero attached hydrogens (tertiary/aromatic N) is 2. The Hall–Kier alpha value is -4.23. The molecule has 0 saturated carbocycles. The molecule has 0 bridgehead atoms. The fourth-order valence-electron chi connectivity index (χ4n) is 4.79. The topological polar surface area (TPSA) is 76.1 Å². The number of ether oxygens (including phenoxy) is 1. The van der Waals surface area contributed by atoms with Crippen molar-refractivity contribution in [3.05, 3.63) is 112 Å². The van der Waals surface area contributed by atoms with Gasteiger partial charge in [0.15, 0.2) is 0 Å². The number of rotatable bonds is 5. The molecule has 0 radical (unpaired) electrons. The second-order valence-electron chi connectivity index (χ2n) is 8.98. The molecule has 182 valence electrons. The van der Waals surface area contributed by atoms with Gasteiger partial charge in [0, 0.05) is 33.3 Å². The van der Waals surface area contributed by atoms with Crippen LogP contribution in [0.25, 0.3) is 22.0 Å². The molecular formula is C30H23BrN4O2. The lowest BCUT2D eigenvalue weighted by atomic mass is 9.98. The summed E-state index contributed by atoms with van der Waals surface area (Å²) >= 11 is 3.55. The Morgan fingerprint density at radius 2 is 1.68 bits per heavy atom. The van der Waals surface area contributed by atoms with Crippen LogP contribution in [-0.2, 0) is 4.74 Å². The van der Waals surface area contributed by atoms with Crippen LogP contribution in [0.4, 0.5) is 22.1 Å². The number of aromatic nitrogens is 2. The summed E-state index contributed by atoms with van der Waals surface area (Å²) in [5, 5.41) is 7.07. The molecule has 1 heterocycles. The average Bonchev–Trinajstić information content (AvgIpc) is 3.23. The summed E-state index contributed by atoms with van der Waals surface area (Å²) in [6, 6.07) is 28.1. The Balaban J connectivity index is 1.16. The van der Waals surface area contributed by atoms with Crippen LogP contribution in [0.15, 0.2) is 95.6 Å². The highest BCUT2D eigenvalue weighted by Crippen LogP contribution is 2.44. The second-order valence-corrected chi connectivity index (χ2v) is 9.83. The molecule has 0 fully saturated rings. The Morgan fingerprint density at radius 3 is 2.43 bits per heavy atom. The first-order valence-corrected chi connectivity index (χ1v) is 12.8. The molecule has 0 unspecified atom stereocenters. The van der Waals surface area contributed by atoms with Crippen LogP contribution < -0.4 is 10.6 Å². The van der Waals surface area contributed by atoms with Gasteiger partial charge in [0.1, 0.15) is 6.61 Å². The summed E-state index contributed by atoms with van der Waals surface area (Å²) in [7, 11) is 0. The molecule has 1 aromatic heterocycles. The number of carbonyl (C=O) groups is 1. The van der Waals surface area contributed by atoms with Crippen LogP contribution in [0, 0.1) is 6.92 Å². The zero-order valence-corrected chi connectivity index (χ0v) is 21.6. The molecule has 37 heavy (non-hydrogen) atoms. The van der Waals surface area contributed by atoms with Crippen molar-refractivity contribution >= 4 is 50.2 Å². The summed E-state index contributed by atoms with van der Waals surface area (Å²) in [6.07, 6.45) is 1.28. The lowest BCUT2D eigenvalue weighted by Crippen LogP contribution is -2.18. The van der Waals surface area contributed by atoms with Crippen LogP contribution in [0.1, 0.15) is 22.6 Å². The molecular weight excluding hydrogens is 528 g/mol. The maximum atomic E-state index is 12.7. The molecule has 1 aliphatic carbocycles. The maximum Gasteiger partial charge on any atom is 0.411 e. The van der Waals surface area contributed by atoms with E-state index in [1.165, 1.54) is 22.3 Å². The second kappa shape index (κ2) is 9.67. The van der Waals surface area contributed by atoms with Gasteiger partial charge in [-0.2, -0.15) is 0 Å². The first-order chi connectivity index (χ1) is 18.1. The van der Waals surface area contributed by atoms with Crippen molar-refractivity contribution in [2.75, 3.05) is 17.2 Å². The van der Waals surface area contributed by atoms with Gasteiger partial charge in [-0.25, -0.2) is 14.8 Å². The minimum absolute atomic E-state index is 0.0118. The maximum absolute atomic E-state index is 12.7.